The van der Waals surface area contributed by atoms with E-state index in [0.29, 0.717) is 18.4 Å². The van der Waals surface area contributed by atoms with Gasteiger partial charge in [-0.15, -0.1) is 10.2 Å². The fraction of sp³-hybridized carbons (Fsp3) is 0.421. The molecule has 0 bridgehead atoms. The van der Waals surface area contributed by atoms with Crippen molar-refractivity contribution in [2.24, 2.45) is 11.8 Å². The Morgan fingerprint density at radius 3 is 2.48 bits per heavy atom. The minimum absolute atomic E-state index is 0.295. The molecule has 0 amide bonds. The number of nitrogens with one attached hydrogen (secondary N) is 1. The molecular formula is C19H23ClN2O5. The molecule has 146 valence electrons. The molecule has 2 aromatic heterocycles. The van der Waals surface area contributed by atoms with Crippen molar-refractivity contribution in [3.8, 4) is 0 Å². The number of aliphatic hydroxyl groups is 1. The maximum absolute atomic E-state index is 9.39. The van der Waals surface area contributed by atoms with Crippen LogP contribution < -0.4 is 23.2 Å². The number of hydrogen-bond donors (Lipinski definition) is 2. The van der Waals surface area contributed by atoms with Crippen LogP contribution in [0.4, 0.5) is 0 Å². The molecule has 0 spiro atoms. The Balaban J connectivity index is 0.000000376. The van der Waals surface area contributed by atoms with Gasteiger partial charge in [0, 0.05) is 41.3 Å². The van der Waals surface area contributed by atoms with Gasteiger partial charge in [0.2, 0.25) is 5.69 Å². The van der Waals surface area contributed by atoms with Crippen molar-refractivity contribution < 1.29 is 38.6 Å². The Kier molecular flexibility index (Phi) is 6.00. The van der Waals surface area contributed by atoms with Gasteiger partial charge in [-0.2, -0.15) is 0 Å². The zero-order chi connectivity index (χ0) is 19.6. The highest BCUT2D eigenvalue weighted by Crippen LogP contribution is 2.32. The molecule has 1 aromatic carbocycles. The lowest BCUT2D eigenvalue weighted by molar-refractivity contribution is -2.00. The predicted octanol–water partition coefficient (Wildman–Crippen LogP) is -1.57. The Bertz CT molecular complexity index is 915. The Morgan fingerprint density at radius 2 is 1.81 bits per heavy atom. The monoisotopic (exact) mass is 394 g/mol. The lowest BCUT2D eigenvalue weighted by Crippen LogP contribution is -2.68. The maximum atomic E-state index is 9.39. The van der Waals surface area contributed by atoms with E-state index < -0.39 is 10.2 Å². The molecule has 7 nitrogen and oxygen atoms in total. The van der Waals surface area contributed by atoms with Crippen molar-refractivity contribution in [1.29, 1.82) is 0 Å². The van der Waals surface area contributed by atoms with E-state index in [0.717, 1.165) is 19.4 Å². The standard InChI is InChI=1S/C19H22N2O.ClHO4/c1-2-13-12-21-9-7-16-15-5-3-4-6-17(15)20-19(16)18(21)11-14(13)8-10-22;2-1(3,4)5/h3-7,9,13-14,22H,2,8,10-12H2,1H3;(H,2,3,4,5)/t13-,14-;/m0./s1. The summed E-state index contributed by atoms with van der Waals surface area (Å²) in [5, 5.41) is 12.0. The highest BCUT2D eigenvalue weighted by molar-refractivity contribution is 6.07. The summed E-state index contributed by atoms with van der Waals surface area (Å²) in [5.41, 5.74) is 3.89. The molecule has 0 unspecified atom stereocenters. The molecule has 3 aromatic rings. The van der Waals surface area contributed by atoms with Gasteiger partial charge in [-0.1, -0.05) is 25.1 Å². The van der Waals surface area contributed by atoms with Gasteiger partial charge in [-0.25, -0.2) is 23.2 Å². The summed E-state index contributed by atoms with van der Waals surface area (Å²) in [6, 6.07) is 10.8. The first kappa shape index (κ1) is 20.0. The first-order chi connectivity index (χ1) is 12.8. The number of H-pyrrole nitrogens is 1. The molecule has 4 rings (SSSR count). The minimum Gasteiger partial charge on any atom is -0.396 e. The van der Waals surface area contributed by atoms with Crippen LogP contribution >= 0.6 is 0 Å². The first-order valence-electron chi connectivity index (χ1n) is 8.96. The third-order valence-electron chi connectivity index (χ3n) is 5.38. The van der Waals surface area contributed by atoms with Crippen LogP contribution in [0.2, 0.25) is 0 Å². The van der Waals surface area contributed by atoms with Gasteiger partial charge in [0.15, 0.2) is 12.7 Å². The second-order valence-corrected chi connectivity index (χ2v) is 7.65. The largest absolute Gasteiger partial charge is 0.396 e. The number of para-hydroxylation sites is 1. The number of fused-ring (bicyclic) bond motifs is 5. The second-order valence-electron chi connectivity index (χ2n) is 6.90. The van der Waals surface area contributed by atoms with Crippen molar-refractivity contribution in [2.45, 2.75) is 32.7 Å². The van der Waals surface area contributed by atoms with Crippen LogP contribution in [0.1, 0.15) is 25.5 Å². The summed E-state index contributed by atoms with van der Waals surface area (Å²) in [6.45, 7) is 3.63. The summed E-state index contributed by atoms with van der Waals surface area (Å²) in [5.74, 6) is 1.26. The van der Waals surface area contributed by atoms with Crippen molar-refractivity contribution >= 4 is 21.8 Å². The average Bonchev–Trinajstić information content (AvgIpc) is 2.99. The van der Waals surface area contributed by atoms with Gasteiger partial charge >= 0.3 is 0 Å². The van der Waals surface area contributed by atoms with E-state index in [1.165, 1.54) is 33.9 Å². The van der Waals surface area contributed by atoms with Crippen molar-refractivity contribution in [3.05, 3.63) is 42.2 Å². The Hall–Kier alpha value is -1.74. The maximum Gasteiger partial charge on any atom is 0.205 e. The fourth-order valence-corrected chi connectivity index (χ4v) is 4.14. The highest BCUT2D eigenvalue weighted by atomic mass is 35.7. The second kappa shape index (κ2) is 8.10. The van der Waals surface area contributed by atoms with Crippen molar-refractivity contribution in [1.82, 2.24) is 4.98 Å². The summed E-state index contributed by atoms with van der Waals surface area (Å²) in [6.07, 6.45) is 5.40. The zero-order valence-corrected chi connectivity index (χ0v) is 15.8. The summed E-state index contributed by atoms with van der Waals surface area (Å²) in [7, 11) is -4.94. The molecule has 3 heterocycles. The van der Waals surface area contributed by atoms with Gasteiger partial charge in [0.05, 0.1) is 0 Å². The smallest absolute Gasteiger partial charge is 0.205 e. The predicted molar refractivity (Wildman–Crippen MR) is 88.7 cm³/mol. The molecule has 0 aliphatic carbocycles. The van der Waals surface area contributed by atoms with Crippen molar-refractivity contribution in [3.63, 3.8) is 0 Å². The molecule has 0 radical (unpaired) electrons. The SMILES string of the molecule is CC[C@H]1C[n+]2ccc3c([nH]c4ccccc43)c2C[C@@H]1CCO.[O-][Cl+3]([O-])([O-])[O-]. The number of hydrogen-bond acceptors (Lipinski definition) is 5. The molecule has 0 saturated heterocycles. The summed E-state index contributed by atoms with van der Waals surface area (Å²) in [4.78, 5) is 3.62. The molecule has 2 N–H and O–H groups in total. The van der Waals surface area contributed by atoms with E-state index in [4.69, 9.17) is 18.6 Å². The summed E-state index contributed by atoms with van der Waals surface area (Å²) >= 11 is 0. The quantitative estimate of drug-likeness (QED) is 0.518. The lowest BCUT2D eigenvalue weighted by atomic mass is 9.81. The van der Waals surface area contributed by atoms with Crippen LogP contribution in [0, 0.1) is 22.1 Å². The number of aromatic nitrogens is 2. The van der Waals surface area contributed by atoms with Gasteiger partial charge in [0.1, 0.15) is 5.52 Å². The number of aromatic amines is 1. The van der Waals surface area contributed by atoms with E-state index in [2.05, 4.69) is 53.0 Å². The van der Waals surface area contributed by atoms with E-state index >= 15 is 0 Å². The number of nitrogens with zero attached hydrogens (tertiary/aromatic N) is 1. The van der Waals surface area contributed by atoms with Gasteiger partial charge in [-0.3, -0.25) is 0 Å². The van der Waals surface area contributed by atoms with E-state index in [9.17, 15) is 5.11 Å². The number of benzene rings is 1. The normalized spacial score (nSPS) is 19.6. The van der Waals surface area contributed by atoms with E-state index in [-0.39, 0.29) is 0 Å². The van der Waals surface area contributed by atoms with E-state index in [1.807, 2.05) is 0 Å². The number of rotatable bonds is 3. The minimum atomic E-state index is -4.94. The third kappa shape index (κ3) is 4.57. The average molecular weight is 395 g/mol. The summed E-state index contributed by atoms with van der Waals surface area (Å²) < 4.78 is 36.4. The van der Waals surface area contributed by atoms with Crippen LogP contribution in [-0.2, 0) is 13.0 Å². The van der Waals surface area contributed by atoms with Gasteiger partial charge < -0.3 is 10.1 Å². The fourth-order valence-electron chi connectivity index (χ4n) is 4.14. The number of aliphatic hydroxyl groups excluding tert-OH is 1. The van der Waals surface area contributed by atoms with Crippen LogP contribution in [-0.4, -0.2) is 16.7 Å². The molecule has 1 aliphatic heterocycles. The third-order valence-corrected chi connectivity index (χ3v) is 5.38. The van der Waals surface area contributed by atoms with Crippen LogP contribution in [0.3, 0.4) is 0 Å². The van der Waals surface area contributed by atoms with E-state index in [1.54, 1.807) is 0 Å². The molecule has 8 heteroatoms. The highest BCUT2D eigenvalue weighted by Gasteiger charge is 2.34. The van der Waals surface area contributed by atoms with Gasteiger partial charge in [-0.05, 0) is 24.8 Å². The lowest BCUT2D eigenvalue weighted by Gasteiger charge is -2.28. The number of pyridine rings is 1. The Morgan fingerprint density at radius 1 is 1.11 bits per heavy atom. The molecule has 27 heavy (non-hydrogen) atoms. The Labute approximate surface area is 159 Å². The number of halogens is 1. The van der Waals surface area contributed by atoms with Crippen LogP contribution in [0.25, 0.3) is 21.8 Å². The molecule has 2 atom stereocenters. The van der Waals surface area contributed by atoms with Crippen LogP contribution in [0.5, 0.6) is 0 Å². The molecule has 0 saturated carbocycles. The first-order valence-corrected chi connectivity index (χ1v) is 10.2. The molecule has 1 aliphatic rings. The van der Waals surface area contributed by atoms with Crippen molar-refractivity contribution in [2.75, 3.05) is 6.61 Å². The molecular weight excluding hydrogens is 372 g/mol. The van der Waals surface area contributed by atoms with Crippen LogP contribution in [0.15, 0.2) is 36.5 Å². The topological polar surface area (TPSA) is 132 Å². The van der Waals surface area contributed by atoms with Gasteiger partial charge in [0.25, 0.3) is 0 Å². The molecule has 0 fully saturated rings. The zero-order valence-electron chi connectivity index (χ0n) is 15.1.